The second-order valence-corrected chi connectivity index (χ2v) is 6.81. The van der Waals surface area contributed by atoms with Crippen molar-refractivity contribution in [2.75, 3.05) is 43.5 Å². The molecule has 1 N–H and O–H groups in total. The van der Waals surface area contributed by atoms with Gasteiger partial charge in [0.15, 0.2) is 5.11 Å². The van der Waals surface area contributed by atoms with Crippen LogP contribution in [0.25, 0.3) is 0 Å². The number of anilines is 2. The minimum Gasteiger partial charge on any atom is -0.497 e. The molecule has 0 aliphatic carbocycles. The Kier molecular flexibility index (Phi) is 5.43. The molecule has 3 rings (SSSR count). The maximum atomic E-state index is 5.62. The van der Waals surface area contributed by atoms with Crippen molar-refractivity contribution in [1.29, 1.82) is 0 Å². The van der Waals surface area contributed by atoms with E-state index in [-0.39, 0.29) is 0 Å². The van der Waals surface area contributed by atoms with Crippen LogP contribution in [0, 0.1) is 13.8 Å². The highest BCUT2D eigenvalue weighted by Gasteiger charge is 2.19. The lowest BCUT2D eigenvalue weighted by molar-refractivity contribution is 0.390. The van der Waals surface area contributed by atoms with Crippen molar-refractivity contribution in [3.05, 3.63) is 53.6 Å². The van der Waals surface area contributed by atoms with E-state index >= 15 is 0 Å². The molecule has 1 heterocycles. The van der Waals surface area contributed by atoms with Crippen molar-refractivity contribution in [3.63, 3.8) is 0 Å². The lowest BCUT2D eigenvalue weighted by Crippen LogP contribution is -2.50. The van der Waals surface area contributed by atoms with Gasteiger partial charge >= 0.3 is 0 Å². The highest BCUT2D eigenvalue weighted by atomic mass is 32.1. The molecule has 1 fully saturated rings. The summed E-state index contributed by atoms with van der Waals surface area (Å²) < 4.78 is 5.23. The molecule has 2 aromatic carbocycles. The average Bonchev–Trinajstić information content (AvgIpc) is 2.64. The van der Waals surface area contributed by atoms with Gasteiger partial charge < -0.3 is 19.9 Å². The fourth-order valence-electron chi connectivity index (χ4n) is 3.11. The first kappa shape index (κ1) is 17.5. The molecule has 0 amide bonds. The molecule has 0 unspecified atom stereocenters. The molecule has 0 bridgehead atoms. The van der Waals surface area contributed by atoms with Crippen molar-refractivity contribution in [2.45, 2.75) is 13.8 Å². The summed E-state index contributed by atoms with van der Waals surface area (Å²) in [6.45, 7) is 7.97. The number of aryl methyl sites for hydroxylation is 2. The number of hydrogen-bond acceptors (Lipinski definition) is 3. The Hall–Kier alpha value is -2.27. The summed E-state index contributed by atoms with van der Waals surface area (Å²) in [5.74, 6) is 0.890. The standard InChI is InChI=1S/C20H25N3OS/c1-15-4-9-19(16(2)14-15)21-20(25)23-12-10-22(11-13-23)17-5-7-18(24-3)8-6-17/h4-9,14H,10-13H2,1-3H3,(H,21,25). The van der Waals surface area contributed by atoms with Crippen LogP contribution in [0.4, 0.5) is 11.4 Å². The summed E-state index contributed by atoms with van der Waals surface area (Å²) in [4.78, 5) is 4.63. The largest absolute Gasteiger partial charge is 0.497 e. The fourth-order valence-corrected chi connectivity index (χ4v) is 3.40. The summed E-state index contributed by atoms with van der Waals surface area (Å²) in [5, 5.41) is 4.21. The third-order valence-electron chi connectivity index (χ3n) is 4.63. The van der Waals surface area contributed by atoms with Crippen molar-refractivity contribution >= 4 is 28.7 Å². The Morgan fingerprint density at radius 3 is 2.28 bits per heavy atom. The number of nitrogens with zero attached hydrogens (tertiary/aromatic N) is 2. The smallest absolute Gasteiger partial charge is 0.173 e. The van der Waals surface area contributed by atoms with E-state index < -0.39 is 0 Å². The SMILES string of the molecule is COc1ccc(N2CCN(C(=S)Nc3ccc(C)cc3C)CC2)cc1. The van der Waals surface area contributed by atoms with Crippen molar-refractivity contribution < 1.29 is 4.74 Å². The summed E-state index contributed by atoms with van der Waals surface area (Å²) in [5.41, 5.74) is 4.81. The van der Waals surface area contributed by atoms with Crippen LogP contribution in [0.15, 0.2) is 42.5 Å². The second-order valence-electron chi connectivity index (χ2n) is 6.42. The van der Waals surface area contributed by atoms with Gasteiger partial charge in [0.1, 0.15) is 5.75 Å². The maximum absolute atomic E-state index is 5.62. The lowest BCUT2D eigenvalue weighted by atomic mass is 10.1. The highest BCUT2D eigenvalue weighted by molar-refractivity contribution is 7.80. The zero-order chi connectivity index (χ0) is 17.8. The molecular weight excluding hydrogens is 330 g/mol. The normalized spacial score (nSPS) is 14.4. The molecule has 2 aromatic rings. The number of hydrogen-bond donors (Lipinski definition) is 1. The van der Waals surface area contributed by atoms with Gasteiger partial charge in [0.25, 0.3) is 0 Å². The van der Waals surface area contributed by atoms with Gasteiger partial charge in [-0.25, -0.2) is 0 Å². The van der Waals surface area contributed by atoms with Crippen LogP contribution in [-0.4, -0.2) is 43.3 Å². The van der Waals surface area contributed by atoms with E-state index in [4.69, 9.17) is 17.0 Å². The lowest BCUT2D eigenvalue weighted by Gasteiger charge is -2.37. The summed E-state index contributed by atoms with van der Waals surface area (Å²) in [6, 6.07) is 14.6. The van der Waals surface area contributed by atoms with E-state index in [1.807, 2.05) is 12.1 Å². The molecule has 1 saturated heterocycles. The highest BCUT2D eigenvalue weighted by Crippen LogP contribution is 2.21. The molecular formula is C20H25N3OS. The molecule has 5 heteroatoms. The first-order valence-electron chi connectivity index (χ1n) is 8.59. The zero-order valence-corrected chi connectivity index (χ0v) is 15.9. The molecule has 0 saturated carbocycles. The Labute approximate surface area is 155 Å². The monoisotopic (exact) mass is 355 g/mol. The fraction of sp³-hybridized carbons (Fsp3) is 0.350. The second kappa shape index (κ2) is 7.74. The van der Waals surface area contributed by atoms with Crippen LogP contribution in [0.3, 0.4) is 0 Å². The van der Waals surface area contributed by atoms with Crippen LogP contribution in [0.1, 0.15) is 11.1 Å². The predicted molar refractivity (Wildman–Crippen MR) is 109 cm³/mol. The Bertz CT molecular complexity index is 737. The Morgan fingerprint density at radius 1 is 1.00 bits per heavy atom. The number of benzene rings is 2. The third kappa shape index (κ3) is 4.23. The van der Waals surface area contributed by atoms with Gasteiger partial charge in [-0.15, -0.1) is 0 Å². The molecule has 0 radical (unpaired) electrons. The molecule has 1 aliphatic rings. The quantitative estimate of drug-likeness (QED) is 0.845. The molecule has 0 aromatic heterocycles. The average molecular weight is 356 g/mol. The van der Waals surface area contributed by atoms with Gasteiger partial charge in [-0.05, 0) is 62.0 Å². The Balaban J connectivity index is 1.56. The van der Waals surface area contributed by atoms with Gasteiger partial charge in [-0.3, -0.25) is 0 Å². The van der Waals surface area contributed by atoms with E-state index in [1.54, 1.807) is 7.11 Å². The first-order valence-corrected chi connectivity index (χ1v) is 9.00. The predicted octanol–water partition coefficient (Wildman–Crippen LogP) is 3.83. The summed E-state index contributed by atoms with van der Waals surface area (Å²) >= 11 is 5.62. The summed E-state index contributed by atoms with van der Waals surface area (Å²) in [6.07, 6.45) is 0. The molecule has 25 heavy (non-hydrogen) atoms. The van der Waals surface area contributed by atoms with E-state index in [9.17, 15) is 0 Å². The van der Waals surface area contributed by atoms with E-state index in [2.05, 4.69) is 59.3 Å². The van der Waals surface area contributed by atoms with Gasteiger partial charge in [0.05, 0.1) is 7.11 Å². The van der Waals surface area contributed by atoms with Crippen molar-refractivity contribution in [2.24, 2.45) is 0 Å². The molecule has 4 nitrogen and oxygen atoms in total. The summed E-state index contributed by atoms with van der Waals surface area (Å²) in [7, 11) is 1.69. The number of nitrogens with one attached hydrogen (secondary N) is 1. The van der Waals surface area contributed by atoms with E-state index in [0.29, 0.717) is 0 Å². The van der Waals surface area contributed by atoms with Crippen LogP contribution >= 0.6 is 12.2 Å². The molecule has 0 atom stereocenters. The van der Waals surface area contributed by atoms with Gasteiger partial charge in [0, 0.05) is 37.6 Å². The molecule has 0 spiro atoms. The van der Waals surface area contributed by atoms with Gasteiger partial charge in [0.2, 0.25) is 0 Å². The topological polar surface area (TPSA) is 27.7 Å². The van der Waals surface area contributed by atoms with Gasteiger partial charge in [-0.2, -0.15) is 0 Å². The van der Waals surface area contributed by atoms with Crippen LogP contribution < -0.4 is 15.0 Å². The van der Waals surface area contributed by atoms with Gasteiger partial charge in [-0.1, -0.05) is 17.7 Å². The number of rotatable bonds is 3. The first-order chi connectivity index (χ1) is 12.1. The van der Waals surface area contributed by atoms with Crippen LogP contribution in [0.2, 0.25) is 0 Å². The number of piperazine rings is 1. The minimum absolute atomic E-state index is 0.807. The third-order valence-corrected chi connectivity index (χ3v) is 4.99. The van der Waals surface area contributed by atoms with Crippen molar-refractivity contribution in [1.82, 2.24) is 4.90 Å². The van der Waals surface area contributed by atoms with Crippen LogP contribution in [0.5, 0.6) is 5.75 Å². The zero-order valence-electron chi connectivity index (χ0n) is 15.1. The van der Waals surface area contributed by atoms with Crippen LogP contribution in [-0.2, 0) is 0 Å². The van der Waals surface area contributed by atoms with Crippen molar-refractivity contribution in [3.8, 4) is 5.75 Å². The molecule has 132 valence electrons. The number of thiocarbonyl (C=S) groups is 1. The maximum Gasteiger partial charge on any atom is 0.173 e. The number of ether oxygens (including phenoxy) is 1. The Morgan fingerprint density at radius 2 is 1.68 bits per heavy atom. The molecule has 1 aliphatic heterocycles. The number of methoxy groups -OCH3 is 1. The van der Waals surface area contributed by atoms with E-state index in [1.165, 1.54) is 16.8 Å². The van der Waals surface area contributed by atoms with E-state index in [0.717, 1.165) is 42.7 Å². The minimum atomic E-state index is 0.807.